The van der Waals surface area contributed by atoms with Gasteiger partial charge in [-0.2, -0.15) is 4.72 Å². The molecule has 1 atom stereocenters. The van der Waals surface area contributed by atoms with Gasteiger partial charge in [0.25, 0.3) is 5.91 Å². The maximum absolute atomic E-state index is 12.7. The van der Waals surface area contributed by atoms with E-state index < -0.39 is 22.0 Å². The molecule has 0 aromatic heterocycles. The molecule has 0 fully saturated rings. The molecular weight excluding hydrogens is 488 g/mol. The summed E-state index contributed by atoms with van der Waals surface area (Å²) < 4.78 is 27.7. The second-order valence-electron chi connectivity index (χ2n) is 7.66. The first-order chi connectivity index (χ1) is 16.7. The summed E-state index contributed by atoms with van der Waals surface area (Å²) in [4.78, 5) is 23.8. The molecule has 3 rings (SSSR count). The molecule has 1 unspecified atom stereocenters. The highest BCUT2D eigenvalue weighted by Gasteiger charge is 2.25. The fraction of sp³-hybridized carbons (Fsp3) is 0.154. The molecule has 9 heteroatoms. The number of benzene rings is 3. The lowest BCUT2D eigenvalue weighted by molar-refractivity contribution is -0.139. The predicted molar refractivity (Wildman–Crippen MR) is 135 cm³/mol. The molecular formula is C26H23ClN2O5S. The van der Waals surface area contributed by atoms with Crippen LogP contribution in [0.1, 0.15) is 28.8 Å². The van der Waals surface area contributed by atoms with Crippen LogP contribution in [0.3, 0.4) is 0 Å². The monoisotopic (exact) mass is 510 g/mol. The molecule has 35 heavy (non-hydrogen) atoms. The number of carbonyl (C=O) groups is 2. The van der Waals surface area contributed by atoms with E-state index in [0.717, 1.165) is 11.1 Å². The fourth-order valence-electron chi connectivity index (χ4n) is 3.29. The van der Waals surface area contributed by atoms with Crippen molar-refractivity contribution >= 4 is 33.5 Å². The Balaban J connectivity index is 1.56. The number of hydrogen-bond donors (Lipinski definition) is 3. The summed E-state index contributed by atoms with van der Waals surface area (Å²) >= 11 is 5.90. The van der Waals surface area contributed by atoms with Gasteiger partial charge in [-0.25, -0.2) is 8.42 Å². The summed E-state index contributed by atoms with van der Waals surface area (Å²) in [6.07, 6.45) is 5.54. The number of halogens is 1. The van der Waals surface area contributed by atoms with Crippen LogP contribution in [0.2, 0.25) is 5.02 Å². The van der Waals surface area contributed by atoms with E-state index in [9.17, 15) is 23.1 Å². The van der Waals surface area contributed by atoms with Crippen LogP contribution in [0.15, 0.2) is 77.7 Å². The van der Waals surface area contributed by atoms with Gasteiger partial charge in [-0.1, -0.05) is 41.8 Å². The van der Waals surface area contributed by atoms with Crippen LogP contribution in [-0.2, 0) is 14.8 Å². The zero-order chi connectivity index (χ0) is 25.4. The average Bonchev–Trinajstić information content (AvgIpc) is 2.86. The summed E-state index contributed by atoms with van der Waals surface area (Å²) in [5.41, 5.74) is 2.73. The van der Waals surface area contributed by atoms with Gasteiger partial charge in [0.15, 0.2) is 0 Å². The topological polar surface area (TPSA) is 113 Å². The Kier molecular flexibility index (Phi) is 8.66. The molecule has 0 spiro atoms. The molecule has 0 heterocycles. The van der Waals surface area contributed by atoms with E-state index in [1.54, 1.807) is 48.5 Å². The smallest absolute Gasteiger partial charge is 0.321 e. The molecule has 0 aliphatic heterocycles. The molecule has 0 aliphatic rings. The largest absolute Gasteiger partial charge is 0.480 e. The van der Waals surface area contributed by atoms with E-state index >= 15 is 0 Å². The van der Waals surface area contributed by atoms with Crippen LogP contribution in [0, 0.1) is 12.3 Å². The minimum absolute atomic E-state index is 0.00622. The Bertz CT molecular complexity index is 1330. The fourth-order valence-corrected chi connectivity index (χ4v) is 4.63. The van der Waals surface area contributed by atoms with Gasteiger partial charge in [0.05, 0.1) is 4.90 Å². The second kappa shape index (κ2) is 11.7. The van der Waals surface area contributed by atoms with E-state index in [0.29, 0.717) is 16.1 Å². The van der Waals surface area contributed by atoms with E-state index in [1.807, 2.05) is 12.1 Å². The van der Waals surface area contributed by atoms with Crippen molar-refractivity contribution in [2.45, 2.75) is 23.8 Å². The third kappa shape index (κ3) is 7.17. The molecule has 180 valence electrons. The van der Waals surface area contributed by atoms with Crippen LogP contribution < -0.4 is 10.0 Å². The quantitative estimate of drug-likeness (QED) is 0.282. The van der Waals surface area contributed by atoms with Gasteiger partial charge in [0, 0.05) is 22.7 Å². The van der Waals surface area contributed by atoms with Gasteiger partial charge < -0.3 is 10.4 Å². The molecule has 0 saturated carbocycles. The Morgan fingerprint density at radius 3 is 2.06 bits per heavy atom. The van der Waals surface area contributed by atoms with Gasteiger partial charge in [-0.15, -0.1) is 6.42 Å². The lowest BCUT2D eigenvalue weighted by Crippen LogP contribution is -2.41. The van der Waals surface area contributed by atoms with Gasteiger partial charge in [-0.05, 0) is 72.5 Å². The predicted octanol–water partition coefficient (Wildman–Crippen LogP) is 3.93. The molecule has 1 amide bonds. The van der Waals surface area contributed by atoms with Crippen LogP contribution >= 0.6 is 11.6 Å². The molecule has 0 saturated heterocycles. The number of sulfonamides is 1. The minimum atomic E-state index is -4.07. The first-order valence-corrected chi connectivity index (χ1v) is 12.5. The number of carbonyl (C=O) groups excluding carboxylic acids is 1. The summed E-state index contributed by atoms with van der Waals surface area (Å²) in [5.74, 6) is 0.828. The minimum Gasteiger partial charge on any atom is -0.480 e. The maximum atomic E-state index is 12.7. The van der Waals surface area contributed by atoms with Crippen LogP contribution in [0.5, 0.6) is 0 Å². The normalized spacial score (nSPS) is 11.9. The Morgan fingerprint density at radius 2 is 1.51 bits per heavy atom. The van der Waals surface area contributed by atoms with Crippen molar-refractivity contribution in [2.24, 2.45) is 0 Å². The highest BCUT2D eigenvalue weighted by atomic mass is 35.5. The molecule has 3 aromatic rings. The molecule has 7 nitrogen and oxygen atoms in total. The highest BCUT2D eigenvalue weighted by molar-refractivity contribution is 7.89. The average molecular weight is 511 g/mol. The zero-order valence-corrected chi connectivity index (χ0v) is 20.1. The standard InChI is InChI=1S/C26H23ClN2O5S/c1-2-18-5-7-21(8-6-18)25(30)28-17-3-4-24(26(31)32)29-35(33,34)23-15-11-20(12-16-23)19-9-13-22(27)14-10-19/h1,5-16,24,29H,3-4,17H2,(H,28,30)(H,31,32). The summed E-state index contributed by atoms with van der Waals surface area (Å²) in [7, 11) is -4.07. The number of amides is 1. The van der Waals surface area contributed by atoms with Crippen molar-refractivity contribution in [1.82, 2.24) is 10.0 Å². The Morgan fingerprint density at radius 1 is 0.943 bits per heavy atom. The number of hydrogen-bond acceptors (Lipinski definition) is 4. The highest BCUT2D eigenvalue weighted by Crippen LogP contribution is 2.23. The van der Waals surface area contributed by atoms with Gasteiger partial charge >= 0.3 is 5.97 Å². The van der Waals surface area contributed by atoms with Crippen LogP contribution in [0.25, 0.3) is 11.1 Å². The Hall–Kier alpha value is -3.64. The molecule has 0 aliphatic carbocycles. The van der Waals surface area contributed by atoms with Crippen molar-refractivity contribution in [2.75, 3.05) is 6.54 Å². The van der Waals surface area contributed by atoms with Gasteiger partial charge in [0.1, 0.15) is 6.04 Å². The third-order valence-corrected chi connectivity index (χ3v) is 6.95. The van der Waals surface area contributed by atoms with Crippen molar-refractivity contribution in [1.29, 1.82) is 0 Å². The molecule has 0 bridgehead atoms. The molecule has 0 radical (unpaired) electrons. The summed E-state index contributed by atoms with van der Waals surface area (Å²) in [6, 6.07) is 18.3. The maximum Gasteiger partial charge on any atom is 0.321 e. The van der Waals surface area contributed by atoms with E-state index in [4.69, 9.17) is 18.0 Å². The van der Waals surface area contributed by atoms with E-state index in [-0.39, 0.29) is 30.2 Å². The van der Waals surface area contributed by atoms with Gasteiger partial charge in [-0.3, -0.25) is 9.59 Å². The zero-order valence-electron chi connectivity index (χ0n) is 18.6. The third-order valence-electron chi connectivity index (χ3n) is 5.21. The van der Waals surface area contributed by atoms with Crippen LogP contribution in [-0.4, -0.2) is 38.0 Å². The summed E-state index contributed by atoms with van der Waals surface area (Å²) in [5, 5.41) is 12.8. The lowest BCUT2D eigenvalue weighted by atomic mass is 10.1. The first-order valence-electron chi connectivity index (χ1n) is 10.7. The van der Waals surface area contributed by atoms with Crippen molar-refractivity contribution < 1.29 is 23.1 Å². The van der Waals surface area contributed by atoms with Gasteiger partial charge in [0.2, 0.25) is 10.0 Å². The second-order valence-corrected chi connectivity index (χ2v) is 9.81. The first kappa shape index (κ1) is 26.0. The summed E-state index contributed by atoms with van der Waals surface area (Å²) in [6.45, 7) is 0.178. The Labute approximate surface area is 209 Å². The van der Waals surface area contributed by atoms with Crippen molar-refractivity contribution in [3.63, 3.8) is 0 Å². The van der Waals surface area contributed by atoms with Crippen molar-refractivity contribution in [3.05, 3.63) is 88.9 Å². The van der Waals surface area contributed by atoms with Crippen LogP contribution in [0.4, 0.5) is 0 Å². The van der Waals surface area contributed by atoms with E-state index in [1.165, 1.54) is 12.1 Å². The SMILES string of the molecule is C#Cc1ccc(C(=O)NCCCC(NS(=O)(=O)c2ccc(-c3ccc(Cl)cc3)cc2)C(=O)O)cc1. The number of terminal acetylenes is 1. The molecule has 3 aromatic carbocycles. The number of aliphatic carboxylic acids is 1. The number of carboxylic acid groups (broad SMARTS) is 1. The number of nitrogens with one attached hydrogen (secondary N) is 2. The lowest BCUT2D eigenvalue weighted by Gasteiger charge is -2.15. The number of rotatable bonds is 10. The number of carboxylic acids is 1. The molecule has 3 N–H and O–H groups in total. The van der Waals surface area contributed by atoms with Crippen molar-refractivity contribution in [3.8, 4) is 23.5 Å². The van der Waals surface area contributed by atoms with E-state index in [2.05, 4.69) is 16.0 Å².